The van der Waals surface area contributed by atoms with E-state index in [0.717, 1.165) is 16.9 Å². The first-order chi connectivity index (χ1) is 18.2. The molecule has 0 radical (unpaired) electrons. The minimum Gasteiger partial charge on any atom is -0.507 e. The van der Waals surface area contributed by atoms with Crippen LogP contribution in [-0.2, 0) is 17.9 Å². The van der Waals surface area contributed by atoms with E-state index < -0.39 is 0 Å². The summed E-state index contributed by atoms with van der Waals surface area (Å²) in [6.07, 6.45) is 4.82. The van der Waals surface area contributed by atoms with Crippen LogP contribution >= 0.6 is 11.8 Å². The van der Waals surface area contributed by atoms with Crippen LogP contribution in [0.4, 0.5) is 0 Å². The van der Waals surface area contributed by atoms with Crippen molar-refractivity contribution in [3.05, 3.63) is 125 Å². The Morgan fingerprint density at radius 1 is 0.973 bits per heavy atom. The summed E-state index contributed by atoms with van der Waals surface area (Å²) < 4.78 is 11.3. The molecule has 8 heteroatoms. The number of carbonyl (C=O) groups is 1. The lowest BCUT2D eigenvalue weighted by Gasteiger charge is -2.12. The number of amidine groups is 1. The highest BCUT2D eigenvalue weighted by atomic mass is 32.2. The highest BCUT2D eigenvalue weighted by Crippen LogP contribution is 2.35. The molecule has 37 heavy (non-hydrogen) atoms. The fourth-order valence-electron chi connectivity index (χ4n) is 3.60. The van der Waals surface area contributed by atoms with Crippen molar-refractivity contribution in [2.75, 3.05) is 0 Å². The summed E-state index contributed by atoms with van der Waals surface area (Å²) in [5, 5.41) is 19.1. The number of hydrogen-bond acceptors (Lipinski definition) is 7. The molecule has 7 nitrogen and oxygen atoms in total. The average Bonchev–Trinajstić information content (AvgIpc) is 3.54. The zero-order valence-electron chi connectivity index (χ0n) is 19.7. The van der Waals surface area contributed by atoms with Gasteiger partial charge in [-0.15, -0.1) is 5.10 Å². The molecular formula is C29H23N3O4S. The summed E-state index contributed by atoms with van der Waals surface area (Å²) in [7, 11) is 0. The number of carbonyl (C=O) groups excluding carboxylic acids is 1. The molecule has 1 aliphatic heterocycles. The van der Waals surface area contributed by atoms with Gasteiger partial charge in [0.25, 0.3) is 5.91 Å². The number of thioether (sulfide) groups is 1. The summed E-state index contributed by atoms with van der Waals surface area (Å²) in [4.78, 5) is 15.1. The smallest absolute Gasteiger partial charge is 0.267 e. The Morgan fingerprint density at radius 2 is 1.81 bits per heavy atom. The SMILES string of the molecule is O=C1/C(=C/c2ccccc2O)S/C(=N\N=C\c2cccc(OCc3ccccc3)c2)N1Cc1ccco1. The molecule has 1 N–H and O–H groups in total. The monoisotopic (exact) mass is 509 g/mol. The van der Waals surface area contributed by atoms with Gasteiger partial charge in [0.05, 0.1) is 23.9 Å². The third-order valence-corrected chi connectivity index (χ3v) is 6.46. The van der Waals surface area contributed by atoms with E-state index in [2.05, 4.69) is 10.2 Å². The Morgan fingerprint density at radius 3 is 2.62 bits per heavy atom. The van der Waals surface area contributed by atoms with Crippen LogP contribution in [0.1, 0.15) is 22.5 Å². The number of amides is 1. The molecule has 184 valence electrons. The van der Waals surface area contributed by atoms with E-state index in [0.29, 0.717) is 28.0 Å². The maximum Gasteiger partial charge on any atom is 0.267 e. The summed E-state index contributed by atoms with van der Waals surface area (Å²) >= 11 is 1.19. The number of rotatable bonds is 8. The lowest BCUT2D eigenvalue weighted by atomic mass is 10.2. The number of ether oxygens (including phenoxy) is 1. The summed E-state index contributed by atoms with van der Waals surface area (Å²) in [5.74, 6) is 1.20. The van der Waals surface area contributed by atoms with Crippen LogP contribution in [-0.4, -0.2) is 27.3 Å². The molecule has 1 aromatic heterocycles. The van der Waals surface area contributed by atoms with E-state index >= 15 is 0 Å². The van der Waals surface area contributed by atoms with Crippen molar-refractivity contribution in [2.24, 2.45) is 10.2 Å². The molecule has 3 aromatic carbocycles. The maximum absolute atomic E-state index is 13.2. The van der Waals surface area contributed by atoms with Crippen LogP contribution in [0.25, 0.3) is 6.08 Å². The van der Waals surface area contributed by atoms with Gasteiger partial charge in [0, 0.05) is 5.56 Å². The molecule has 1 amide bonds. The van der Waals surface area contributed by atoms with Gasteiger partial charge in [0.1, 0.15) is 23.9 Å². The van der Waals surface area contributed by atoms with Gasteiger partial charge in [-0.2, -0.15) is 5.10 Å². The Balaban J connectivity index is 1.34. The summed E-state index contributed by atoms with van der Waals surface area (Å²) in [5.41, 5.74) is 2.44. The van der Waals surface area contributed by atoms with Gasteiger partial charge in [-0.3, -0.25) is 9.69 Å². The molecule has 0 aliphatic carbocycles. The van der Waals surface area contributed by atoms with Crippen LogP contribution in [0.3, 0.4) is 0 Å². The fourth-order valence-corrected chi connectivity index (χ4v) is 4.53. The van der Waals surface area contributed by atoms with Crippen LogP contribution in [0.2, 0.25) is 0 Å². The van der Waals surface area contributed by atoms with Crippen molar-refractivity contribution in [1.82, 2.24) is 4.90 Å². The average molecular weight is 510 g/mol. The van der Waals surface area contributed by atoms with Crippen LogP contribution in [0.5, 0.6) is 11.5 Å². The number of para-hydroxylation sites is 1. The first-order valence-electron chi connectivity index (χ1n) is 11.6. The van der Waals surface area contributed by atoms with Gasteiger partial charge in [-0.05, 0) is 59.3 Å². The number of aromatic hydroxyl groups is 1. The second kappa shape index (κ2) is 11.5. The Bertz CT molecular complexity index is 1460. The molecule has 1 fully saturated rings. The predicted molar refractivity (Wildman–Crippen MR) is 145 cm³/mol. The van der Waals surface area contributed by atoms with Crippen LogP contribution in [0.15, 0.2) is 117 Å². The van der Waals surface area contributed by atoms with Gasteiger partial charge in [-0.1, -0.05) is 60.7 Å². The molecule has 0 saturated carbocycles. The van der Waals surface area contributed by atoms with Gasteiger partial charge >= 0.3 is 0 Å². The second-order valence-electron chi connectivity index (χ2n) is 8.11. The van der Waals surface area contributed by atoms with Gasteiger partial charge < -0.3 is 14.3 Å². The first-order valence-corrected chi connectivity index (χ1v) is 12.4. The fraction of sp³-hybridized carbons (Fsp3) is 0.0690. The predicted octanol–water partition coefficient (Wildman–Crippen LogP) is 6.07. The number of furan rings is 1. The lowest BCUT2D eigenvalue weighted by molar-refractivity contribution is -0.122. The summed E-state index contributed by atoms with van der Waals surface area (Å²) in [6.45, 7) is 0.685. The maximum atomic E-state index is 13.2. The number of hydrogen-bond donors (Lipinski definition) is 1. The van der Waals surface area contributed by atoms with E-state index in [-0.39, 0.29) is 18.2 Å². The minimum absolute atomic E-state index is 0.0961. The van der Waals surface area contributed by atoms with Crippen molar-refractivity contribution < 1.29 is 19.1 Å². The number of phenolic OH excluding ortho intramolecular Hbond substituents is 1. The molecule has 0 unspecified atom stereocenters. The number of benzene rings is 3. The van der Waals surface area contributed by atoms with Gasteiger partial charge in [-0.25, -0.2) is 0 Å². The largest absolute Gasteiger partial charge is 0.507 e. The summed E-state index contributed by atoms with van der Waals surface area (Å²) in [6, 6.07) is 27.9. The minimum atomic E-state index is -0.241. The van der Waals surface area contributed by atoms with Crippen molar-refractivity contribution in [3.63, 3.8) is 0 Å². The number of phenols is 1. The van der Waals surface area contributed by atoms with Crippen molar-refractivity contribution in [3.8, 4) is 11.5 Å². The van der Waals surface area contributed by atoms with Gasteiger partial charge in [0.15, 0.2) is 5.17 Å². The second-order valence-corrected chi connectivity index (χ2v) is 9.12. The van der Waals surface area contributed by atoms with E-state index in [1.807, 2.05) is 54.6 Å². The molecular weight excluding hydrogens is 486 g/mol. The highest BCUT2D eigenvalue weighted by Gasteiger charge is 2.34. The Hall–Kier alpha value is -4.56. The van der Waals surface area contributed by atoms with E-state index in [1.54, 1.807) is 55.0 Å². The molecule has 2 heterocycles. The normalized spacial score (nSPS) is 15.8. The standard InChI is InChI=1S/C29H23N3O4S/c33-26-14-5-4-11-23(26)17-27-28(34)32(19-25-13-7-15-35-25)29(37-27)31-30-18-22-10-6-12-24(16-22)36-20-21-8-2-1-3-9-21/h1-18,33H,19-20H2/b27-17-,30-18+,31-29-. The zero-order chi connectivity index (χ0) is 25.5. The first kappa shape index (κ1) is 24.1. The molecule has 4 aromatic rings. The topological polar surface area (TPSA) is 87.6 Å². The third kappa shape index (κ3) is 6.17. The van der Waals surface area contributed by atoms with Gasteiger partial charge in [0.2, 0.25) is 0 Å². The highest BCUT2D eigenvalue weighted by molar-refractivity contribution is 8.18. The third-order valence-electron chi connectivity index (χ3n) is 5.46. The molecule has 1 saturated heterocycles. The van der Waals surface area contributed by atoms with E-state index in [9.17, 15) is 9.90 Å². The van der Waals surface area contributed by atoms with Crippen molar-refractivity contribution in [2.45, 2.75) is 13.2 Å². The Labute approximate surface area is 218 Å². The van der Waals surface area contributed by atoms with Crippen LogP contribution < -0.4 is 4.74 Å². The Kier molecular flexibility index (Phi) is 7.47. The van der Waals surface area contributed by atoms with Crippen molar-refractivity contribution in [1.29, 1.82) is 0 Å². The lowest BCUT2D eigenvalue weighted by Crippen LogP contribution is -2.28. The molecule has 5 rings (SSSR count). The molecule has 0 atom stereocenters. The molecule has 1 aliphatic rings. The van der Waals surface area contributed by atoms with E-state index in [1.165, 1.54) is 16.7 Å². The number of nitrogens with zero attached hydrogens (tertiary/aromatic N) is 3. The quantitative estimate of drug-likeness (QED) is 0.177. The zero-order valence-corrected chi connectivity index (χ0v) is 20.5. The molecule has 0 bridgehead atoms. The molecule has 0 spiro atoms. The van der Waals surface area contributed by atoms with Crippen LogP contribution in [0, 0.1) is 0 Å². The van der Waals surface area contributed by atoms with Crippen molar-refractivity contribution >= 4 is 35.1 Å². The van der Waals surface area contributed by atoms with E-state index in [4.69, 9.17) is 9.15 Å².